The highest BCUT2D eigenvalue weighted by molar-refractivity contribution is 7.91. The van der Waals surface area contributed by atoms with Crippen LogP contribution in [0.3, 0.4) is 0 Å². The number of alkyl halides is 2. The van der Waals surface area contributed by atoms with Crippen LogP contribution in [0.25, 0.3) is 0 Å². The number of benzene rings is 1. The Balaban J connectivity index is 2.06. The van der Waals surface area contributed by atoms with Gasteiger partial charge in [0.05, 0.1) is 4.90 Å². The van der Waals surface area contributed by atoms with E-state index >= 15 is 0 Å². The van der Waals surface area contributed by atoms with Crippen LogP contribution in [-0.2, 0) is 16.4 Å². The molecule has 19 heavy (non-hydrogen) atoms. The fraction of sp³-hybridized carbons (Fsp3) is 0.538. The topological polar surface area (TPSA) is 37.4 Å². The first-order valence-corrected chi connectivity index (χ1v) is 7.88. The third kappa shape index (κ3) is 3.51. The third-order valence-electron chi connectivity index (χ3n) is 3.34. The first-order valence-electron chi connectivity index (χ1n) is 6.33. The van der Waals surface area contributed by atoms with Crippen molar-refractivity contribution in [1.29, 1.82) is 0 Å². The first-order chi connectivity index (χ1) is 9.00. The summed E-state index contributed by atoms with van der Waals surface area (Å²) in [7, 11) is -4.47. The highest BCUT2D eigenvalue weighted by atomic mass is 32.2. The molecule has 0 N–H and O–H groups in total. The van der Waals surface area contributed by atoms with Gasteiger partial charge in [-0.05, 0) is 43.6 Å². The molecule has 0 aliphatic carbocycles. The molecule has 3 nitrogen and oxygen atoms in total. The predicted octanol–water partition coefficient (Wildman–Crippen LogP) is 2.67. The molecule has 1 aliphatic rings. The molecule has 0 radical (unpaired) electrons. The van der Waals surface area contributed by atoms with E-state index in [-0.39, 0.29) is 4.90 Å². The molecular formula is C13H17F2NO2S. The van der Waals surface area contributed by atoms with Crippen LogP contribution in [0, 0.1) is 0 Å². The van der Waals surface area contributed by atoms with Crippen molar-refractivity contribution in [2.24, 2.45) is 0 Å². The van der Waals surface area contributed by atoms with E-state index in [4.69, 9.17) is 0 Å². The van der Waals surface area contributed by atoms with Gasteiger partial charge in [0.2, 0.25) is 9.84 Å². The van der Waals surface area contributed by atoms with E-state index in [9.17, 15) is 17.2 Å². The van der Waals surface area contributed by atoms with Gasteiger partial charge in [-0.25, -0.2) is 8.42 Å². The van der Waals surface area contributed by atoms with E-state index in [1.165, 1.54) is 31.4 Å². The molecule has 1 aliphatic heterocycles. The van der Waals surface area contributed by atoms with E-state index in [0.29, 0.717) is 0 Å². The zero-order valence-corrected chi connectivity index (χ0v) is 11.4. The van der Waals surface area contributed by atoms with Gasteiger partial charge in [-0.2, -0.15) is 8.78 Å². The van der Waals surface area contributed by atoms with Gasteiger partial charge in [0.15, 0.2) is 0 Å². The Labute approximate surface area is 112 Å². The molecule has 1 fully saturated rings. The fourth-order valence-corrected chi connectivity index (χ4v) is 2.98. The predicted molar refractivity (Wildman–Crippen MR) is 68.8 cm³/mol. The molecule has 1 heterocycles. The number of halogens is 2. The van der Waals surface area contributed by atoms with Crippen LogP contribution < -0.4 is 0 Å². The van der Waals surface area contributed by atoms with Gasteiger partial charge in [0.1, 0.15) is 0 Å². The average Bonchev–Trinajstić information content (AvgIpc) is 2.40. The minimum Gasteiger partial charge on any atom is -0.299 e. The normalized spacial score (nSPS) is 17.8. The second kappa shape index (κ2) is 5.96. The van der Waals surface area contributed by atoms with E-state index in [1.807, 2.05) is 0 Å². The minimum absolute atomic E-state index is 0.315. The summed E-state index contributed by atoms with van der Waals surface area (Å²) in [4.78, 5) is 1.98. The molecule has 0 spiro atoms. The summed E-state index contributed by atoms with van der Waals surface area (Å²) in [6.45, 7) is 2.82. The lowest BCUT2D eigenvalue weighted by Crippen LogP contribution is -2.29. The van der Waals surface area contributed by atoms with Crippen molar-refractivity contribution < 1.29 is 17.2 Å². The maximum absolute atomic E-state index is 12.4. The lowest BCUT2D eigenvalue weighted by Gasteiger charge is -2.26. The fourth-order valence-electron chi connectivity index (χ4n) is 2.26. The summed E-state index contributed by atoms with van der Waals surface area (Å²) < 4.78 is 47.3. The quantitative estimate of drug-likeness (QED) is 0.855. The summed E-state index contributed by atoms with van der Waals surface area (Å²) in [6, 6.07) is 5.76. The highest BCUT2D eigenvalue weighted by Gasteiger charge is 2.26. The van der Waals surface area contributed by atoms with Gasteiger partial charge in [-0.3, -0.25) is 4.90 Å². The second-order valence-corrected chi connectivity index (χ2v) is 6.70. The SMILES string of the molecule is O=S(=O)(c1ccc(CN2CCCCC2)cc1)C(F)F. The number of rotatable bonds is 4. The van der Waals surface area contributed by atoms with Gasteiger partial charge in [0, 0.05) is 6.54 Å². The van der Waals surface area contributed by atoms with Gasteiger partial charge in [-0.15, -0.1) is 0 Å². The van der Waals surface area contributed by atoms with E-state index in [1.54, 1.807) is 12.1 Å². The molecule has 0 atom stereocenters. The van der Waals surface area contributed by atoms with Crippen LogP contribution in [0.15, 0.2) is 29.2 Å². The molecular weight excluding hydrogens is 272 g/mol. The molecule has 1 saturated heterocycles. The average molecular weight is 289 g/mol. The maximum Gasteiger partial charge on any atom is 0.341 e. The molecule has 0 unspecified atom stereocenters. The Morgan fingerprint density at radius 3 is 2.16 bits per heavy atom. The van der Waals surface area contributed by atoms with E-state index in [2.05, 4.69) is 4.90 Å². The van der Waals surface area contributed by atoms with Crippen molar-refractivity contribution in [1.82, 2.24) is 4.90 Å². The zero-order valence-electron chi connectivity index (χ0n) is 10.6. The number of hydrogen-bond donors (Lipinski definition) is 0. The maximum atomic E-state index is 12.4. The van der Waals surface area contributed by atoms with E-state index < -0.39 is 15.6 Å². The number of likely N-dealkylation sites (tertiary alicyclic amines) is 1. The molecule has 6 heteroatoms. The Kier molecular flexibility index (Phi) is 4.52. The molecule has 106 valence electrons. The van der Waals surface area contributed by atoms with Crippen LogP contribution in [0.1, 0.15) is 24.8 Å². The van der Waals surface area contributed by atoms with E-state index in [0.717, 1.165) is 25.2 Å². The number of nitrogens with zero attached hydrogens (tertiary/aromatic N) is 1. The summed E-state index contributed by atoms with van der Waals surface area (Å²) in [6.07, 6.45) is 3.61. The number of piperidine rings is 1. The molecule has 0 bridgehead atoms. The van der Waals surface area contributed by atoms with Crippen molar-refractivity contribution >= 4 is 9.84 Å². The van der Waals surface area contributed by atoms with Gasteiger partial charge >= 0.3 is 5.76 Å². The van der Waals surface area contributed by atoms with Crippen molar-refractivity contribution in [2.45, 2.75) is 36.5 Å². The second-order valence-electron chi connectivity index (χ2n) is 4.79. The molecule has 2 rings (SSSR count). The summed E-state index contributed by atoms with van der Waals surface area (Å²) in [5.41, 5.74) is 0.954. The van der Waals surface area contributed by atoms with Gasteiger partial charge in [0.25, 0.3) is 0 Å². The zero-order chi connectivity index (χ0) is 13.9. The smallest absolute Gasteiger partial charge is 0.299 e. The van der Waals surface area contributed by atoms with Gasteiger partial charge in [-0.1, -0.05) is 18.6 Å². The Bertz CT molecular complexity index is 508. The first kappa shape index (κ1) is 14.4. The standard InChI is InChI=1S/C13H17F2NO2S/c14-13(15)19(17,18)12-6-4-11(5-7-12)10-16-8-2-1-3-9-16/h4-7,13H,1-3,8-10H2. The molecule has 1 aromatic rings. The van der Waals surface area contributed by atoms with Crippen LogP contribution in [0.4, 0.5) is 8.78 Å². The largest absolute Gasteiger partial charge is 0.341 e. The molecule has 1 aromatic carbocycles. The Morgan fingerprint density at radius 1 is 1.05 bits per heavy atom. The van der Waals surface area contributed by atoms with Crippen LogP contribution in [-0.4, -0.2) is 32.2 Å². The van der Waals surface area contributed by atoms with Crippen molar-refractivity contribution in [3.63, 3.8) is 0 Å². The Hall–Kier alpha value is -1.01. The monoisotopic (exact) mass is 289 g/mol. The van der Waals surface area contributed by atoms with Crippen molar-refractivity contribution in [3.8, 4) is 0 Å². The van der Waals surface area contributed by atoms with Crippen LogP contribution in [0.2, 0.25) is 0 Å². The van der Waals surface area contributed by atoms with Crippen LogP contribution in [0.5, 0.6) is 0 Å². The Morgan fingerprint density at radius 2 is 1.63 bits per heavy atom. The lowest BCUT2D eigenvalue weighted by molar-refractivity contribution is 0.221. The number of sulfone groups is 1. The van der Waals surface area contributed by atoms with Crippen LogP contribution >= 0.6 is 0 Å². The number of hydrogen-bond acceptors (Lipinski definition) is 3. The molecule has 0 amide bonds. The summed E-state index contributed by atoms with van der Waals surface area (Å²) >= 11 is 0. The van der Waals surface area contributed by atoms with Crippen molar-refractivity contribution in [2.75, 3.05) is 13.1 Å². The summed E-state index contributed by atoms with van der Waals surface area (Å²) in [5, 5.41) is 0. The van der Waals surface area contributed by atoms with Gasteiger partial charge < -0.3 is 0 Å². The highest BCUT2D eigenvalue weighted by Crippen LogP contribution is 2.20. The summed E-state index contributed by atoms with van der Waals surface area (Å²) in [5.74, 6) is -3.36. The molecule has 0 aromatic heterocycles. The minimum atomic E-state index is -4.47. The lowest BCUT2D eigenvalue weighted by atomic mass is 10.1. The third-order valence-corrected chi connectivity index (χ3v) is 4.74. The van der Waals surface area contributed by atoms with Crippen molar-refractivity contribution in [3.05, 3.63) is 29.8 Å². The molecule has 0 saturated carbocycles.